The molecule has 0 saturated carbocycles. The van der Waals surface area contributed by atoms with Crippen molar-refractivity contribution in [2.75, 3.05) is 0 Å². The molecule has 35 heavy (non-hydrogen) atoms. The summed E-state index contributed by atoms with van der Waals surface area (Å²) in [6.07, 6.45) is 14.3. The molecule has 0 saturated heterocycles. The van der Waals surface area contributed by atoms with Crippen LogP contribution in [-0.4, -0.2) is 27.9 Å². The summed E-state index contributed by atoms with van der Waals surface area (Å²) in [5.41, 5.74) is -11.0. The number of hydrogen-bond donors (Lipinski definition) is 0. The number of pyridine rings is 1. The van der Waals surface area contributed by atoms with E-state index >= 15 is 0 Å². The second-order valence-corrected chi connectivity index (χ2v) is 11.1. The Morgan fingerprint density at radius 3 is 1.74 bits per heavy atom. The van der Waals surface area contributed by atoms with Gasteiger partial charge in [-0.2, -0.15) is 26.3 Å². The van der Waals surface area contributed by atoms with Gasteiger partial charge in [-0.15, -0.1) is 0 Å². The first-order chi connectivity index (χ1) is 16.1. The maximum Gasteiger partial charge on any atom is 0.480 e. The van der Waals surface area contributed by atoms with Crippen LogP contribution in [0.1, 0.15) is 64.0 Å². The summed E-state index contributed by atoms with van der Waals surface area (Å²) in [7, 11) is -13.4. The zero-order valence-electron chi connectivity index (χ0n) is 19.0. The second-order valence-electron chi connectivity index (χ2n) is 7.68. The van der Waals surface area contributed by atoms with E-state index in [1.54, 1.807) is 0 Å². The zero-order valence-corrected chi connectivity index (χ0v) is 20.6. The van der Waals surface area contributed by atoms with E-state index in [0.29, 0.717) is 0 Å². The normalized spacial score (nSPS) is 12.9. The summed E-state index contributed by atoms with van der Waals surface area (Å²) in [5.74, 6) is 0. The fraction of sp³-hybridized carbons (Fsp3) is 0.571. The fourth-order valence-electron chi connectivity index (χ4n) is 3.08. The maximum atomic E-state index is 11.4. The van der Waals surface area contributed by atoms with Crippen LogP contribution in [0.5, 0.6) is 0 Å². The molecule has 2 aromatic rings. The Bertz CT molecular complexity index is 1090. The molecule has 0 radical (unpaired) electrons. The Balaban J connectivity index is 0.000000367. The lowest BCUT2D eigenvalue weighted by molar-refractivity contribution is -0.388. The molecule has 1 N–H and O–H groups in total. The van der Waals surface area contributed by atoms with Crippen LogP contribution in [0.2, 0.25) is 0 Å². The molecule has 6 nitrogen and oxygen atoms in total. The molecule has 14 heteroatoms. The minimum atomic E-state index is -6.72. The summed E-state index contributed by atoms with van der Waals surface area (Å²) in [5, 5.41) is 2.73. The van der Waals surface area contributed by atoms with Crippen LogP contribution in [0.25, 0.3) is 14.9 Å². The third-order valence-corrected chi connectivity index (χ3v) is 7.61. The molecule has 0 fully saturated rings. The molecule has 0 spiro atoms. The molecular formula is C21H28F6N2O4S2. The SMILES string of the molecule is CCCCCCCCCCc1[nH+]ccc2ccccc12.O=S(=O)([N-]S(=O)(=O)C(F)(F)F)C(F)(F)F. The van der Waals surface area contributed by atoms with Gasteiger partial charge < -0.3 is 4.13 Å². The lowest BCUT2D eigenvalue weighted by atomic mass is 10.0. The molecule has 0 amide bonds. The highest BCUT2D eigenvalue weighted by molar-refractivity contribution is 8.13. The quantitative estimate of drug-likeness (QED) is 0.239. The molecule has 1 aromatic carbocycles. The van der Waals surface area contributed by atoms with Crippen molar-refractivity contribution >= 4 is 30.8 Å². The van der Waals surface area contributed by atoms with Crippen molar-refractivity contribution < 1.29 is 48.2 Å². The fourth-order valence-corrected chi connectivity index (χ4v) is 4.79. The van der Waals surface area contributed by atoms with Gasteiger partial charge in [-0.25, -0.2) is 21.8 Å². The first-order valence-corrected chi connectivity index (χ1v) is 13.8. The van der Waals surface area contributed by atoms with Gasteiger partial charge in [0, 0.05) is 17.9 Å². The Kier molecular flexibility index (Phi) is 11.9. The van der Waals surface area contributed by atoms with Crippen LogP contribution < -0.4 is 4.98 Å². The van der Waals surface area contributed by atoms with E-state index in [1.807, 2.05) is 0 Å². The average molecular weight is 551 g/mol. The van der Waals surface area contributed by atoms with E-state index < -0.39 is 31.1 Å². The minimum absolute atomic E-state index is 0.778. The number of aromatic amines is 1. The highest BCUT2D eigenvalue weighted by atomic mass is 32.3. The summed E-state index contributed by atoms with van der Waals surface area (Å²) < 4.78 is 109. The molecule has 0 bridgehead atoms. The molecule has 0 aliphatic carbocycles. The average Bonchev–Trinajstić information content (AvgIpc) is 2.74. The molecule has 2 rings (SSSR count). The van der Waals surface area contributed by atoms with Gasteiger partial charge in [0.1, 0.15) is 0 Å². The van der Waals surface area contributed by atoms with Gasteiger partial charge in [0.05, 0.1) is 0 Å². The smallest absolute Gasteiger partial charge is 0.421 e. The van der Waals surface area contributed by atoms with E-state index in [4.69, 9.17) is 0 Å². The van der Waals surface area contributed by atoms with Gasteiger partial charge in [-0.1, -0.05) is 70.1 Å². The molecule has 1 aromatic heterocycles. The van der Waals surface area contributed by atoms with Crippen LogP contribution in [0, 0.1) is 0 Å². The van der Waals surface area contributed by atoms with E-state index in [-0.39, 0.29) is 0 Å². The number of H-pyrrole nitrogens is 1. The third-order valence-electron chi connectivity index (χ3n) is 4.87. The number of sulfonamides is 2. The van der Waals surface area contributed by atoms with Crippen molar-refractivity contribution in [1.82, 2.24) is 0 Å². The Morgan fingerprint density at radius 2 is 1.23 bits per heavy atom. The second kappa shape index (κ2) is 13.4. The van der Waals surface area contributed by atoms with E-state index in [1.165, 1.54) is 74.3 Å². The molecule has 0 unspecified atom stereocenters. The number of unbranched alkanes of at least 4 members (excludes halogenated alkanes) is 7. The predicted molar refractivity (Wildman–Crippen MR) is 120 cm³/mol. The van der Waals surface area contributed by atoms with Gasteiger partial charge in [0.15, 0.2) is 31.9 Å². The summed E-state index contributed by atoms with van der Waals surface area (Å²) in [6, 6.07) is 10.8. The number of alkyl halides is 6. The number of rotatable bonds is 11. The van der Waals surface area contributed by atoms with Crippen LogP contribution >= 0.6 is 0 Å². The number of nitrogens with zero attached hydrogens (tertiary/aromatic N) is 1. The number of benzene rings is 1. The van der Waals surface area contributed by atoms with Crippen molar-refractivity contribution in [2.45, 2.75) is 75.7 Å². The highest BCUT2D eigenvalue weighted by Gasteiger charge is 2.46. The number of aromatic nitrogens is 1. The molecule has 1 heterocycles. The Hall–Kier alpha value is -1.93. The van der Waals surface area contributed by atoms with Crippen molar-refractivity contribution in [3.05, 3.63) is 46.4 Å². The van der Waals surface area contributed by atoms with Crippen LogP contribution in [0.4, 0.5) is 26.3 Å². The van der Waals surface area contributed by atoms with Crippen LogP contribution in [-0.2, 0) is 26.5 Å². The molecule has 0 aliphatic rings. The van der Waals surface area contributed by atoms with Gasteiger partial charge in [-0.05, 0) is 17.9 Å². The lowest BCUT2D eigenvalue weighted by Crippen LogP contribution is -2.30. The molecule has 0 aliphatic heterocycles. The first kappa shape index (κ1) is 31.1. The first-order valence-electron chi connectivity index (χ1n) is 10.9. The summed E-state index contributed by atoms with van der Waals surface area (Å²) >= 11 is 0. The number of halogens is 6. The Morgan fingerprint density at radius 1 is 0.743 bits per heavy atom. The number of hydrogen-bond acceptors (Lipinski definition) is 4. The van der Waals surface area contributed by atoms with Gasteiger partial charge in [-0.3, -0.25) is 0 Å². The molecular weight excluding hydrogens is 522 g/mol. The van der Waals surface area contributed by atoms with E-state index in [0.717, 1.165) is 4.13 Å². The lowest BCUT2D eigenvalue weighted by Gasteiger charge is -2.22. The van der Waals surface area contributed by atoms with Crippen molar-refractivity contribution in [3.63, 3.8) is 0 Å². The van der Waals surface area contributed by atoms with Gasteiger partial charge in [0.2, 0.25) is 0 Å². The number of fused-ring (bicyclic) bond motifs is 1. The molecule has 0 atom stereocenters. The van der Waals surface area contributed by atoms with E-state index in [9.17, 15) is 43.2 Å². The number of aryl methyl sites for hydroxylation is 1. The van der Waals surface area contributed by atoms with Gasteiger partial charge >= 0.3 is 11.0 Å². The highest BCUT2D eigenvalue weighted by Crippen LogP contribution is 2.36. The minimum Gasteiger partial charge on any atom is -0.421 e. The zero-order chi connectivity index (χ0) is 26.8. The van der Waals surface area contributed by atoms with Gasteiger partial charge in [0.25, 0.3) is 0 Å². The van der Waals surface area contributed by atoms with Crippen LogP contribution in [0.15, 0.2) is 36.5 Å². The van der Waals surface area contributed by atoms with Crippen LogP contribution in [0.3, 0.4) is 0 Å². The number of nitrogens with one attached hydrogen (secondary N) is 1. The van der Waals surface area contributed by atoms with Crippen molar-refractivity contribution in [1.29, 1.82) is 0 Å². The Labute approximate surface area is 201 Å². The van der Waals surface area contributed by atoms with E-state index in [2.05, 4.69) is 48.4 Å². The largest absolute Gasteiger partial charge is 0.480 e. The summed E-state index contributed by atoms with van der Waals surface area (Å²) in [6.45, 7) is 2.28. The maximum absolute atomic E-state index is 11.4. The predicted octanol–water partition coefficient (Wildman–Crippen LogP) is 6.40. The summed E-state index contributed by atoms with van der Waals surface area (Å²) in [4.78, 5) is 3.43. The topological polar surface area (TPSA) is 96.5 Å². The molecule has 200 valence electrons. The standard InChI is InChI=1S/C19H27N.C2F6NO4S2/c1-2-3-4-5-6-7-8-9-14-19-18-13-11-10-12-17(18)15-16-20-19;3-1(4,5)14(10,11)9-15(12,13)2(6,7)8/h10-13,15-16H,2-9,14H2,1H3;/q;-1/p+1. The monoisotopic (exact) mass is 550 g/mol. The third kappa shape index (κ3) is 10.3. The van der Waals surface area contributed by atoms with Crippen molar-refractivity contribution in [3.8, 4) is 0 Å². The van der Waals surface area contributed by atoms with Crippen molar-refractivity contribution in [2.24, 2.45) is 0 Å².